The van der Waals surface area contributed by atoms with E-state index >= 15 is 0 Å². The van der Waals surface area contributed by atoms with Crippen molar-refractivity contribution in [2.24, 2.45) is 0 Å². The van der Waals surface area contributed by atoms with Gasteiger partial charge in [-0.2, -0.15) is 0 Å². The Bertz CT molecular complexity index is 1380. The number of carbonyl (C=O) groups is 3. The number of aromatic nitrogens is 1. The molecule has 9 nitrogen and oxygen atoms in total. The van der Waals surface area contributed by atoms with Gasteiger partial charge in [0.25, 0.3) is 11.8 Å². The first-order valence-corrected chi connectivity index (χ1v) is 13.7. The first-order chi connectivity index (χ1) is 19.2. The highest BCUT2D eigenvalue weighted by molar-refractivity contribution is 6.30. The van der Waals surface area contributed by atoms with Gasteiger partial charge in [0.05, 0.1) is 28.4 Å². The number of nitrogens with zero attached hydrogens (tertiary/aromatic N) is 1. The molecule has 218 valence electrons. The minimum atomic E-state index is -0.581. The van der Waals surface area contributed by atoms with Crippen LogP contribution in [0.1, 0.15) is 74.2 Å². The Labute approximate surface area is 246 Å². The van der Waals surface area contributed by atoms with E-state index < -0.39 is 23.5 Å². The maximum Gasteiger partial charge on any atom is 0.407 e. The third kappa shape index (κ3) is 9.79. The standard InChI is InChI=1S/C31H37ClN4O5/c1-30(2,3)20-12-14-23(25(18-20)40-17-9-16-33-29(39)41-31(4,5)6)28(38)35-24-11-8-7-10-22(24)27(37)36-26-15-13-21(32)19-34-26/h7-8,10-15,18-19H,9,16-17H2,1-6H3,(H,33,39)(H,35,38)(H,34,36,37). The number of rotatable bonds is 9. The molecule has 0 atom stereocenters. The molecule has 0 aliphatic carbocycles. The lowest BCUT2D eigenvalue weighted by molar-refractivity contribution is 0.0525. The van der Waals surface area contributed by atoms with E-state index in [1.165, 1.54) is 6.20 Å². The molecule has 0 saturated carbocycles. The molecule has 0 fully saturated rings. The number of alkyl carbamates (subject to hydrolysis) is 1. The number of nitrogens with one attached hydrogen (secondary N) is 3. The normalized spacial score (nSPS) is 11.4. The molecule has 10 heteroatoms. The van der Waals surface area contributed by atoms with E-state index in [0.29, 0.717) is 40.8 Å². The summed E-state index contributed by atoms with van der Waals surface area (Å²) in [5.74, 6) is -0.139. The van der Waals surface area contributed by atoms with Crippen molar-refractivity contribution in [1.82, 2.24) is 10.3 Å². The van der Waals surface area contributed by atoms with E-state index in [1.54, 1.807) is 63.2 Å². The molecule has 1 heterocycles. The van der Waals surface area contributed by atoms with Gasteiger partial charge in [0.2, 0.25) is 0 Å². The predicted octanol–water partition coefficient (Wildman–Crippen LogP) is 6.83. The number of hydrogen-bond acceptors (Lipinski definition) is 6. The van der Waals surface area contributed by atoms with E-state index in [9.17, 15) is 14.4 Å². The topological polar surface area (TPSA) is 119 Å². The molecular weight excluding hydrogens is 544 g/mol. The van der Waals surface area contributed by atoms with Gasteiger partial charge in [0.15, 0.2) is 0 Å². The van der Waals surface area contributed by atoms with Crippen LogP contribution in [0.5, 0.6) is 5.75 Å². The summed E-state index contributed by atoms with van der Waals surface area (Å²) in [4.78, 5) is 42.4. The second-order valence-electron chi connectivity index (χ2n) is 11.4. The van der Waals surface area contributed by atoms with Crippen molar-refractivity contribution in [1.29, 1.82) is 0 Å². The summed E-state index contributed by atoms with van der Waals surface area (Å²) in [7, 11) is 0. The fraction of sp³-hybridized carbons (Fsp3) is 0.355. The summed E-state index contributed by atoms with van der Waals surface area (Å²) in [5, 5.41) is 8.70. The fourth-order valence-corrected chi connectivity index (χ4v) is 3.78. The summed E-state index contributed by atoms with van der Waals surface area (Å²) < 4.78 is 11.3. The minimum Gasteiger partial charge on any atom is -0.493 e. The number of amides is 3. The molecule has 0 spiro atoms. The van der Waals surface area contributed by atoms with Gasteiger partial charge in [-0.1, -0.05) is 50.6 Å². The van der Waals surface area contributed by atoms with Gasteiger partial charge >= 0.3 is 6.09 Å². The van der Waals surface area contributed by atoms with Crippen molar-refractivity contribution >= 4 is 41.0 Å². The maximum atomic E-state index is 13.5. The lowest BCUT2D eigenvalue weighted by Crippen LogP contribution is -2.33. The summed E-state index contributed by atoms with van der Waals surface area (Å²) >= 11 is 5.88. The molecule has 3 N–H and O–H groups in total. The van der Waals surface area contributed by atoms with Crippen molar-refractivity contribution in [2.45, 2.75) is 59.0 Å². The van der Waals surface area contributed by atoms with Crippen LogP contribution in [-0.2, 0) is 10.2 Å². The Morgan fingerprint density at radius 2 is 1.59 bits per heavy atom. The Kier molecular flexibility index (Phi) is 10.3. The number of carbonyl (C=O) groups excluding carboxylic acids is 3. The van der Waals surface area contributed by atoms with Crippen LogP contribution in [-0.4, -0.2) is 41.6 Å². The molecule has 3 aromatic rings. The van der Waals surface area contributed by atoms with E-state index in [-0.39, 0.29) is 17.6 Å². The third-order valence-electron chi connectivity index (χ3n) is 5.73. The number of anilines is 2. The Morgan fingerprint density at radius 3 is 2.24 bits per heavy atom. The smallest absolute Gasteiger partial charge is 0.407 e. The molecule has 0 unspecified atom stereocenters. The zero-order valence-electron chi connectivity index (χ0n) is 24.3. The second kappa shape index (κ2) is 13.5. The second-order valence-corrected chi connectivity index (χ2v) is 11.8. The van der Waals surface area contributed by atoms with Crippen molar-refractivity contribution in [3.05, 3.63) is 82.5 Å². The van der Waals surface area contributed by atoms with Crippen molar-refractivity contribution < 1.29 is 23.9 Å². The van der Waals surface area contributed by atoms with Gasteiger partial charge in [-0.25, -0.2) is 9.78 Å². The number of pyridine rings is 1. The highest BCUT2D eigenvalue weighted by Crippen LogP contribution is 2.30. The summed E-state index contributed by atoms with van der Waals surface area (Å²) in [6.45, 7) is 12.2. The Hall–Kier alpha value is -4.11. The third-order valence-corrected chi connectivity index (χ3v) is 5.95. The molecule has 2 aromatic carbocycles. The van der Waals surface area contributed by atoms with Gasteiger partial charge in [0, 0.05) is 12.7 Å². The SMILES string of the molecule is CC(C)(C)OC(=O)NCCCOc1cc(C(C)(C)C)ccc1C(=O)Nc1ccccc1C(=O)Nc1ccc(Cl)cn1. The van der Waals surface area contributed by atoms with Crippen molar-refractivity contribution in [2.75, 3.05) is 23.8 Å². The lowest BCUT2D eigenvalue weighted by atomic mass is 9.86. The quantitative estimate of drug-likeness (QED) is 0.239. The van der Waals surface area contributed by atoms with Crippen molar-refractivity contribution in [3.8, 4) is 5.75 Å². The van der Waals surface area contributed by atoms with Crippen LogP contribution in [0.15, 0.2) is 60.8 Å². The van der Waals surface area contributed by atoms with Crippen LogP contribution in [0.3, 0.4) is 0 Å². The van der Waals surface area contributed by atoms with E-state index in [1.807, 2.05) is 12.1 Å². The summed E-state index contributed by atoms with van der Waals surface area (Å²) in [6.07, 6.45) is 1.44. The van der Waals surface area contributed by atoms with Crippen LogP contribution in [0.25, 0.3) is 0 Å². The molecule has 0 aliphatic heterocycles. The fourth-order valence-electron chi connectivity index (χ4n) is 3.67. The number of benzene rings is 2. The van der Waals surface area contributed by atoms with Crippen LogP contribution >= 0.6 is 11.6 Å². The molecular formula is C31H37ClN4O5. The average molecular weight is 581 g/mol. The first kappa shape index (κ1) is 31.4. The van der Waals surface area contributed by atoms with Crippen LogP contribution < -0.4 is 20.7 Å². The molecule has 1 aromatic heterocycles. The monoisotopic (exact) mass is 580 g/mol. The Balaban J connectivity index is 1.73. The van der Waals surface area contributed by atoms with Crippen LogP contribution in [0, 0.1) is 0 Å². The van der Waals surface area contributed by atoms with E-state index in [4.69, 9.17) is 21.1 Å². The van der Waals surface area contributed by atoms with Gasteiger partial charge in [-0.15, -0.1) is 0 Å². The molecule has 0 saturated heterocycles. The average Bonchev–Trinajstić information content (AvgIpc) is 2.88. The number of ether oxygens (including phenoxy) is 2. The van der Waals surface area contributed by atoms with E-state index in [2.05, 4.69) is 41.7 Å². The summed E-state index contributed by atoms with van der Waals surface area (Å²) in [5.41, 5.74) is 1.14. The van der Waals surface area contributed by atoms with Gasteiger partial charge < -0.3 is 25.4 Å². The van der Waals surface area contributed by atoms with Crippen LogP contribution in [0.2, 0.25) is 5.02 Å². The zero-order chi connectivity index (χ0) is 30.2. The van der Waals surface area contributed by atoms with Crippen LogP contribution in [0.4, 0.5) is 16.3 Å². The molecule has 0 radical (unpaired) electrons. The highest BCUT2D eigenvalue weighted by Gasteiger charge is 2.21. The first-order valence-electron chi connectivity index (χ1n) is 13.3. The molecule has 0 aliphatic rings. The maximum absolute atomic E-state index is 13.5. The highest BCUT2D eigenvalue weighted by atomic mass is 35.5. The summed E-state index contributed by atoms with van der Waals surface area (Å²) in [6, 6.07) is 15.3. The molecule has 3 amide bonds. The Morgan fingerprint density at radius 1 is 0.878 bits per heavy atom. The van der Waals surface area contributed by atoms with Gasteiger partial charge in [-0.3, -0.25) is 9.59 Å². The minimum absolute atomic E-state index is 0.175. The van der Waals surface area contributed by atoms with Crippen molar-refractivity contribution in [3.63, 3.8) is 0 Å². The molecule has 3 rings (SSSR count). The van der Waals surface area contributed by atoms with E-state index in [0.717, 1.165) is 5.56 Å². The molecule has 0 bridgehead atoms. The predicted molar refractivity (Wildman–Crippen MR) is 161 cm³/mol. The van der Waals surface area contributed by atoms with Gasteiger partial charge in [0.1, 0.15) is 17.2 Å². The number of halogens is 1. The number of hydrogen-bond donors (Lipinski definition) is 3. The zero-order valence-corrected chi connectivity index (χ0v) is 25.0. The lowest BCUT2D eigenvalue weighted by Gasteiger charge is -2.22. The largest absolute Gasteiger partial charge is 0.493 e. The molecule has 41 heavy (non-hydrogen) atoms. The van der Waals surface area contributed by atoms with Gasteiger partial charge in [-0.05, 0) is 74.6 Å². The number of para-hydroxylation sites is 1.